The zero-order valence-electron chi connectivity index (χ0n) is 18.8. The number of carbonyl (C=O) groups is 1. The molecule has 1 unspecified atom stereocenters. The van der Waals surface area contributed by atoms with Crippen LogP contribution < -0.4 is 5.32 Å². The molecule has 32 heavy (non-hydrogen) atoms. The third kappa shape index (κ3) is 6.25. The van der Waals surface area contributed by atoms with Gasteiger partial charge in [0.25, 0.3) is 5.91 Å². The van der Waals surface area contributed by atoms with Crippen LogP contribution in [0.3, 0.4) is 0 Å². The molecule has 8 heteroatoms. The Morgan fingerprint density at radius 1 is 1.03 bits per heavy atom. The van der Waals surface area contributed by atoms with Crippen molar-refractivity contribution in [1.82, 2.24) is 20.0 Å². The number of rotatable bonds is 5. The van der Waals surface area contributed by atoms with Gasteiger partial charge in [-0.3, -0.25) is 14.7 Å². The van der Waals surface area contributed by atoms with Crippen molar-refractivity contribution in [1.29, 1.82) is 0 Å². The maximum absolute atomic E-state index is 12.5. The fourth-order valence-electron chi connectivity index (χ4n) is 4.54. The average molecular weight is 551 g/mol. The fraction of sp³-hybridized carbons (Fsp3) is 0.500. The summed E-state index contributed by atoms with van der Waals surface area (Å²) in [4.78, 5) is 23.7. The number of hydrogen-bond donors (Lipinski definition) is 1. The topological polar surface area (TPSA) is 64.3 Å². The first-order chi connectivity index (χ1) is 15.2. The van der Waals surface area contributed by atoms with Crippen LogP contribution in [0.1, 0.15) is 35.4 Å². The molecule has 2 aliphatic rings. The van der Waals surface area contributed by atoms with Gasteiger partial charge in [-0.05, 0) is 37.1 Å². The molecular weight excluding hydrogens is 517 g/mol. The molecule has 2 aliphatic heterocycles. The second kappa shape index (κ2) is 12.2. The predicted molar refractivity (Wildman–Crippen MR) is 137 cm³/mol. The minimum absolute atomic E-state index is 0. The van der Waals surface area contributed by atoms with Gasteiger partial charge in [-0.1, -0.05) is 36.8 Å². The van der Waals surface area contributed by atoms with Crippen molar-refractivity contribution >= 4 is 35.8 Å². The van der Waals surface area contributed by atoms with E-state index in [9.17, 15) is 4.79 Å². The van der Waals surface area contributed by atoms with Crippen molar-refractivity contribution in [2.75, 3.05) is 46.3 Å². The number of aliphatic imine (C=N–C) groups is 1. The Labute approximate surface area is 207 Å². The molecule has 2 fully saturated rings. The molecule has 1 amide bonds. The smallest absolute Gasteiger partial charge is 0.289 e. The second-order valence-electron chi connectivity index (χ2n) is 8.29. The Morgan fingerprint density at radius 3 is 2.47 bits per heavy atom. The van der Waals surface area contributed by atoms with Crippen LogP contribution >= 0.6 is 24.0 Å². The largest absolute Gasteiger partial charge is 0.459 e. The van der Waals surface area contributed by atoms with Gasteiger partial charge in [-0.25, -0.2) is 0 Å². The fourth-order valence-corrected chi connectivity index (χ4v) is 4.54. The zero-order valence-corrected chi connectivity index (χ0v) is 21.1. The molecule has 2 saturated heterocycles. The second-order valence-corrected chi connectivity index (χ2v) is 8.29. The van der Waals surface area contributed by atoms with Crippen molar-refractivity contribution in [3.63, 3.8) is 0 Å². The maximum atomic E-state index is 12.5. The van der Waals surface area contributed by atoms with E-state index in [1.165, 1.54) is 24.8 Å². The van der Waals surface area contributed by atoms with Gasteiger partial charge in [0.15, 0.2) is 11.7 Å². The minimum atomic E-state index is -0.0358. The lowest BCUT2D eigenvalue weighted by Gasteiger charge is -2.39. The van der Waals surface area contributed by atoms with Crippen LogP contribution in [0.4, 0.5) is 0 Å². The lowest BCUT2D eigenvalue weighted by Crippen LogP contribution is -2.55. The number of carbonyl (C=O) groups excluding carboxylic acids is 1. The molecule has 4 rings (SSSR count). The third-order valence-electron chi connectivity index (χ3n) is 6.28. The molecule has 174 valence electrons. The number of nitrogens with zero attached hydrogens (tertiary/aromatic N) is 4. The molecule has 1 atom stereocenters. The van der Waals surface area contributed by atoms with Crippen molar-refractivity contribution in [2.24, 2.45) is 4.99 Å². The zero-order chi connectivity index (χ0) is 21.5. The molecule has 0 saturated carbocycles. The van der Waals surface area contributed by atoms with E-state index in [0.29, 0.717) is 24.9 Å². The van der Waals surface area contributed by atoms with Gasteiger partial charge in [-0.15, -0.1) is 24.0 Å². The molecule has 0 spiro atoms. The highest BCUT2D eigenvalue weighted by molar-refractivity contribution is 14.0. The minimum Gasteiger partial charge on any atom is -0.459 e. The summed E-state index contributed by atoms with van der Waals surface area (Å²) < 4.78 is 5.26. The number of amides is 1. The lowest BCUT2D eigenvalue weighted by atomic mass is 10.0. The molecule has 1 aromatic heterocycles. The van der Waals surface area contributed by atoms with Crippen LogP contribution in [0.25, 0.3) is 0 Å². The Kier molecular flexibility index (Phi) is 9.40. The van der Waals surface area contributed by atoms with Crippen molar-refractivity contribution < 1.29 is 9.21 Å². The van der Waals surface area contributed by atoms with E-state index in [1.54, 1.807) is 18.4 Å². The molecule has 0 aliphatic carbocycles. The highest BCUT2D eigenvalue weighted by atomic mass is 127. The summed E-state index contributed by atoms with van der Waals surface area (Å²) in [6.07, 6.45) is 5.30. The summed E-state index contributed by atoms with van der Waals surface area (Å²) in [5.41, 5.74) is 1.37. The molecule has 0 radical (unpaired) electrons. The molecule has 7 nitrogen and oxygen atoms in total. The summed E-state index contributed by atoms with van der Waals surface area (Å²) in [6, 6.07) is 14.7. The average Bonchev–Trinajstić information content (AvgIpc) is 3.36. The van der Waals surface area contributed by atoms with Gasteiger partial charge in [0.2, 0.25) is 0 Å². The molecule has 1 aromatic carbocycles. The van der Waals surface area contributed by atoms with Crippen LogP contribution in [0.5, 0.6) is 0 Å². The first-order valence-electron chi connectivity index (χ1n) is 11.3. The van der Waals surface area contributed by atoms with Crippen LogP contribution in [0.2, 0.25) is 0 Å². The standard InChI is InChI=1S/C24H33N5O2.HI/c1-25-24(28-15-13-27(14-16-28)23(30)22-11-7-17-31-22)26-18-21-10-5-6-12-29(21)19-20-8-3-2-4-9-20;/h2-4,7-9,11,17,21H,5-6,10,12-16,18-19H2,1H3,(H,25,26);1H. The molecular formula is C24H34IN5O2. The normalized spacial score (nSPS) is 20.0. The highest BCUT2D eigenvalue weighted by Crippen LogP contribution is 2.19. The predicted octanol–water partition coefficient (Wildman–Crippen LogP) is 3.29. The lowest BCUT2D eigenvalue weighted by molar-refractivity contribution is 0.0657. The van der Waals surface area contributed by atoms with E-state index >= 15 is 0 Å². The van der Waals surface area contributed by atoms with Crippen LogP contribution in [0, 0.1) is 0 Å². The number of halogens is 1. The molecule has 1 N–H and O–H groups in total. The number of hydrogen-bond acceptors (Lipinski definition) is 4. The Hall–Kier alpha value is -2.07. The van der Waals surface area contributed by atoms with E-state index < -0.39 is 0 Å². The van der Waals surface area contributed by atoms with E-state index in [0.717, 1.165) is 38.7 Å². The van der Waals surface area contributed by atoms with Crippen LogP contribution in [-0.2, 0) is 6.54 Å². The van der Waals surface area contributed by atoms with Gasteiger partial charge < -0.3 is 19.5 Å². The van der Waals surface area contributed by atoms with Gasteiger partial charge in [0, 0.05) is 52.4 Å². The summed E-state index contributed by atoms with van der Waals surface area (Å²) in [5.74, 6) is 1.30. The van der Waals surface area contributed by atoms with Gasteiger partial charge in [0.1, 0.15) is 0 Å². The number of piperidine rings is 1. The summed E-state index contributed by atoms with van der Waals surface area (Å²) in [6.45, 7) is 5.92. The van der Waals surface area contributed by atoms with E-state index in [-0.39, 0.29) is 29.9 Å². The Morgan fingerprint density at radius 2 is 1.78 bits per heavy atom. The number of furan rings is 1. The van der Waals surface area contributed by atoms with E-state index in [4.69, 9.17) is 4.42 Å². The Balaban J connectivity index is 0.00000289. The third-order valence-corrected chi connectivity index (χ3v) is 6.28. The SMILES string of the molecule is CN=C(NCC1CCCCN1Cc1ccccc1)N1CCN(C(=O)c2ccco2)CC1.I. The highest BCUT2D eigenvalue weighted by Gasteiger charge is 2.27. The summed E-state index contributed by atoms with van der Waals surface area (Å²) in [7, 11) is 1.84. The number of piperazine rings is 1. The van der Waals surface area contributed by atoms with Crippen molar-refractivity contribution in [2.45, 2.75) is 31.8 Å². The molecule has 2 aromatic rings. The van der Waals surface area contributed by atoms with Crippen molar-refractivity contribution in [3.8, 4) is 0 Å². The first kappa shape index (κ1) is 24.6. The first-order valence-corrected chi connectivity index (χ1v) is 11.3. The monoisotopic (exact) mass is 551 g/mol. The van der Waals surface area contributed by atoms with Crippen molar-refractivity contribution in [3.05, 3.63) is 60.1 Å². The number of nitrogens with one attached hydrogen (secondary N) is 1. The van der Waals surface area contributed by atoms with E-state index in [1.807, 2.05) is 11.9 Å². The summed E-state index contributed by atoms with van der Waals surface area (Å²) in [5, 5.41) is 3.61. The number of benzene rings is 1. The van der Waals surface area contributed by atoms with Crippen LogP contribution in [0.15, 0.2) is 58.1 Å². The van der Waals surface area contributed by atoms with Gasteiger partial charge in [0.05, 0.1) is 6.26 Å². The van der Waals surface area contributed by atoms with E-state index in [2.05, 4.69) is 50.4 Å². The molecule has 0 bridgehead atoms. The number of guanidine groups is 1. The van der Waals surface area contributed by atoms with Gasteiger partial charge >= 0.3 is 0 Å². The number of likely N-dealkylation sites (tertiary alicyclic amines) is 1. The van der Waals surface area contributed by atoms with Crippen LogP contribution in [-0.4, -0.2) is 78.9 Å². The Bertz CT molecular complexity index is 851. The summed E-state index contributed by atoms with van der Waals surface area (Å²) >= 11 is 0. The maximum Gasteiger partial charge on any atom is 0.289 e. The van der Waals surface area contributed by atoms with Gasteiger partial charge in [-0.2, -0.15) is 0 Å². The quantitative estimate of drug-likeness (QED) is 0.351. The molecule has 3 heterocycles.